The lowest BCUT2D eigenvalue weighted by Crippen LogP contribution is -2.11. The maximum absolute atomic E-state index is 9.96. The molecule has 0 aliphatic carbocycles. The highest BCUT2D eigenvalue weighted by atomic mass is 80.0. The second-order valence-electron chi connectivity index (χ2n) is 1.20. The van der Waals surface area contributed by atoms with E-state index in [0.29, 0.717) is 0 Å². The third-order valence-electron chi connectivity index (χ3n) is 0.548. The minimum atomic E-state index is -0.976. The molecule has 0 radical (unpaired) electrons. The zero-order valence-corrected chi connectivity index (χ0v) is 8.86. The van der Waals surface area contributed by atoms with Gasteiger partial charge in [0.1, 0.15) is 0 Å². The summed E-state index contributed by atoms with van der Waals surface area (Å²) >= 11 is 8.81. The van der Waals surface area contributed by atoms with Crippen LogP contribution in [0.5, 0.6) is 0 Å². The van der Waals surface area contributed by atoms with Gasteiger partial charge in [-0.05, 0) is 54.4 Å². The van der Waals surface area contributed by atoms with Gasteiger partial charge in [0, 0.05) is 0 Å². The summed E-state index contributed by atoms with van der Waals surface area (Å²) < 4.78 is -0.976. The number of rotatable bonds is 1. The molecular formula is C3H2Br3NO2. The van der Waals surface area contributed by atoms with Gasteiger partial charge >= 0.3 is 0 Å². The number of nitrogens with zero attached hydrogens (tertiary/aromatic N) is 1. The van der Waals surface area contributed by atoms with Crippen molar-refractivity contribution in [2.75, 3.05) is 0 Å². The molecule has 0 fully saturated rings. The van der Waals surface area contributed by atoms with Crippen molar-refractivity contribution >= 4 is 47.8 Å². The first kappa shape index (κ1) is 9.58. The van der Waals surface area contributed by atoms with Crippen LogP contribution in [0.2, 0.25) is 0 Å². The number of allylic oxidation sites excluding steroid dienone is 1. The topological polar surface area (TPSA) is 43.1 Å². The summed E-state index contributed by atoms with van der Waals surface area (Å²) in [5.74, 6) is 0. The van der Waals surface area contributed by atoms with Gasteiger partial charge in [0.05, 0.1) is 4.92 Å². The van der Waals surface area contributed by atoms with Crippen molar-refractivity contribution < 1.29 is 4.92 Å². The number of hydrogen-bond acceptors (Lipinski definition) is 2. The van der Waals surface area contributed by atoms with Gasteiger partial charge in [0.15, 0.2) is 0 Å². The number of halogens is 3. The third kappa shape index (κ3) is 3.32. The van der Waals surface area contributed by atoms with Crippen LogP contribution in [0.25, 0.3) is 0 Å². The normalized spacial score (nSPS) is 11.0. The van der Waals surface area contributed by atoms with Crippen LogP contribution in [0.4, 0.5) is 0 Å². The minimum absolute atomic E-state index is 0.192. The van der Waals surface area contributed by atoms with Gasteiger partial charge in [0.2, 0.25) is 2.14 Å². The monoisotopic (exact) mass is 321 g/mol. The average molecular weight is 324 g/mol. The lowest BCUT2D eigenvalue weighted by Gasteiger charge is -2.05. The molecule has 0 saturated heterocycles. The highest BCUT2D eigenvalue weighted by Crippen LogP contribution is 2.39. The predicted molar refractivity (Wildman–Crippen MR) is 45.6 cm³/mol. The van der Waals surface area contributed by atoms with Crippen LogP contribution in [-0.2, 0) is 0 Å². The molecule has 0 unspecified atom stereocenters. The first-order valence-electron chi connectivity index (χ1n) is 1.76. The summed E-state index contributed by atoms with van der Waals surface area (Å²) in [5, 5.41) is 9.96. The maximum Gasteiger partial charge on any atom is 0.277 e. The maximum atomic E-state index is 9.96. The zero-order chi connectivity index (χ0) is 7.65. The first-order chi connectivity index (χ1) is 3.85. The second-order valence-corrected chi connectivity index (χ2v) is 7.96. The highest BCUT2D eigenvalue weighted by Gasteiger charge is 2.32. The fourth-order valence-corrected chi connectivity index (χ4v) is 0.538. The molecule has 0 atom stereocenters. The van der Waals surface area contributed by atoms with Crippen LogP contribution in [0.15, 0.2) is 12.3 Å². The molecule has 3 nitrogen and oxygen atoms in total. The molecule has 0 aromatic heterocycles. The third-order valence-corrected chi connectivity index (χ3v) is 1.92. The fraction of sp³-hybridized carbons (Fsp3) is 0.333. The van der Waals surface area contributed by atoms with Crippen LogP contribution >= 0.6 is 47.8 Å². The van der Waals surface area contributed by atoms with Gasteiger partial charge < -0.3 is 0 Å². The van der Waals surface area contributed by atoms with Gasteiger partial charge in [0.25, 0.3) is 5.70 Å². The van der Waals surface area contributed by atoms with Crippen molar-refractivity contribution in [1.29, 1.82) is 0 Å². The Bertz CT molecular complexity index is 150. The Kier molecular flexibility index (Phi) is 3.32. The molecule has 0 rings (SSSR count). The Hall–Kier alpha value is 0.580. The Morgan fingerprint density at radius 3 is 1.89 bits per heavy atom. The molecule has 0 N–H and O–H groups in total. The zero-order valence-electron chi connectivity index (χ0n) is 4.10. The van der Waals surface area contributed by atoms with Gasteiger partial charge in [-0.1, -0.05) is 0 Å². The van der Waals surface area contributed by atoms with Crippen molar-refractivity contribution in [3.63, 3.8) is 0 Å². The molecule has 0 aliphatic heterocycles. The molecule has 0 amide bonds. The molecule has 0 spiro atoms. The van der Waals surface area contributed by atoms with Gasteiger partial charge in [-0.15, -0.1) is 0 Å². The van der Waals surface area contributed by atoms with Gasteiger partial charge in [-0.25, -0.2) is 0 Å². The molecule has 0 aromatic rings. The number of alkyl halides is 3. The quantitative estimate of drug-likeness (QED) is 0.423. The Balaban J connectivity index is 4.23. The molecule has 52 valence electrons. The van der Waals surface area contributed by atoms with Crippen molar-refractivity contribution in [3.05, 3.63) is 22.4 Å². The van der Waals surface area contributed by atoms with E-state index < -0.39 is 7.07 Å². The Morgan fingerprint density at radius 1 is 1.56 bits per heavy atom. The highest BCUT2D eigenvalue weighted by molar-refractivity contribution is 9.39. The fourth-order valence-electron chi connectivity index (χ4n) is 0.104. The van der Waals surface area contributed by atoms with E-state index >= 15 is 0 Å². The van der Waals surface area contributed by atoms with Crippen molar-refractivity contribution in [2.45, 2.75) is 2.14 Å². The van der Waals surface area contributed by atoms with Crippen LogP contribution in [0.3, 0.4) is 0 Å². The second kappa shape index (κ2) is 3.12. The standard InChI is InChI=1S/C3H2Br3NO2/c1-2(7(8)9)3(4,5)6/h1H2. The summed E-state index contributed by atoms with van der Waals surface area (Å²) in [6, 6.07) is 0. The van der Waals surface area contributed by atoms with E-state index in [9.17, 15) is 10.1 Å². The lowest BCUT2D eigenvalue weighted by molar-refractivity contribution is -0.424. The molecule has 0 aromatic carbocycles. The van der Waals surface area contributed by atoms with E-state index in [0.717, 1.165) is 0 Å². The molecule has 9 heavy (non-hydrogen) atoms. The van der Waals surface area contributed by atoms with Crippen LogP contribution in [-0.4, -0.2) is 7.07 Å². The molecule has 0 aliphatic rings. The van der Waals surface area contributed by atoms with Crippen LogP contribution < -0.4 is 0 Å². The Morgan fingerprint density at radius 2 is 1.89 bits per heavy atom. The van der Waals surface area contributed by atoms with Crippen LogP contribution in [0, 0.1) is 10.1 Å². The number of nitro groups is 1. The van der Waals surface area contributed by atoms with E-state index in [4.69, 9.17) is 0 Å². The van der Waals surface area contributed by atoms with Crippen molar-refractivity contribution in [1.82, 2.24) is 0 Å². The summed E-state index contributed by atoms with van der Waals surface area (Å²) in [7, 11) is 0. The largest absolute Gasteiger partial charge is 0.277 e. The van der Waals surface area contributed by atoms with E-state index in [2.05, 4.69) is 54.4 Å². The molecule has 0 bridgehead atoms. The Labute approximate surface area is 77.0 Å². The van der Waals surface area contributed by atoms with E-state index in [1.165, 1.54) is 0 Å². The smallest absolute Gasteiger partial charge is 0.259 e. The SMILES string of the molecule is C=C([N+](=O)[O-])C(Br)(Br)Br. The lowest BCUT2D eigenvalue weighted by atomic mass is 10.6. The molecule has 0 saturated carbocycles. The van der Waals surface area contributed by atoms with Gasteiger partial charge in [-0.2, -0.15) is 0 Å². The molecule has 0 heterocycles. The molecular weight excluding hydrogens is 322 g/mol. The summed E-state index contributed by atoms with van der Waals surface area (Å²) in [6.45, 7) is 3.19. The van der Waals surface area contributed by atoms with E-state index in [1.54, 1.807) is 0 Å². The van der Waals surface area contributed by atoms with E-state index in [1.807, 2.05) is 0 Å². The van der Waals surface area contributed by atoms with Crippen molar-refractivity contribution in [2.24, 2.45) is 0 Å². The van der Waals surface area contributed by atoms with E-state index in [-0.39, 0.29) is 5.70 Å². The number of hydrogen-bond donors (Lipinski definition) is 0. The predicted octanol–water partition coefficient (Wildman–Crippen LogP) is 2.62. The van der Waals surface area contributed by atoms with Crippen molar-refractivity contribution in [3.8, 4) is 0 Å². The minimum Gasteiger partial charge on any atom is -0.259 e. The average Bonchev–Trinajstić information content (AvgIpc) is 1.62. The summed E-state index contributed by atoms with van der Waals surface area (Å²) in [5.41, 5.74) is -0.192. The van der Waals surface area contributed by atoms with Gasteiger partial charge in [-0.3, -0.25) is 10.1 Å². The molecule has 6 heteroatoms. The summed E-state index contributed by atoms with van der Waals surface area (Å²) in [6.07, 6.45) is 0. The first-order valence-corrected chi connectivity index (χ1v) is 4.14. The van der Waals surface area contributed by atoms with Crippen LogP contribution in [0.1, 0.15) is 0 Å². The summed E-state index contributed by atoms with van der Waals surface area (Å²) in [4.78, 5) is 9.38.